The number of nitrogens with one attached hydrogen (secondary N) is 1. The van der Waals surface area contributed by atoms with Crippen LogP contribution >= 0.6 is 11.6 Å². The molecule has 32 heavy (non-hydrogen) atoms. The van der Waals surface area contributed by atoms with Gasteiger partial charge < -0.3 is 19.4 Å². The van der Waals surface area contributed by atoms with Gasteiger partial charge in [0.05, 0.1) is 13.0 Å². The number of nitrogens with zero attached hydrogens (tertiary/aromatic N) is 2. The Balaban J connectivity index is 1.64. The van der Waals surface area contributed by atoms with Crippen LogP contribution in [0.5, 0.6) is 5.75 Å². The van der Waals surface area contributed by atoms with E-state index >= 15 is 0 Å². The molecule has 0 saturated heterocycles. The summed E-state index contributed by atoms with van der Waals surface area (Å²) in [5.74, 6) is -1.72. The average molecular weight is 454 g/mol. The Kier molecular flexibility index (Phi) is 5.79. The van der Waals surface area contributed by atoms with E-state index in [1.807, 2.05) is 0 Å². The van der Waals surface area contributed by atoms with E-state index < -0.39 is 28.5 Å². The van der Waals surface area contributed by atoms with E-state index in [0.717, 1.165) is 5.56 Å². The minimum Gasteiger partial charge on any atom is -0.502 e. The van der Waals surface area contributed by atoms with Gasteiger partial charge in [0.2, 0.25) is 11.3 Å². The zero-order valence-corrected chi connectivity index (χ0v) is 17.3. The second-order valence-corrected chi connectivity index (χ2v) is 7.63. The van der Waals surface area contributed by atoms with Gasteiger partial charge in [-0.25, -0.2) is 4.39 Å². The maximum Gasteiger partial charge on any atom is 0.279 e. The number of fused-ring (bicyclic) bond motifs is 1. The van der Waals surface area contributed by atoms with Crippen LogP contribution in [0.25, 0.3) is 5.52 Å². The molecule has 0 aliphatic rings. The summed E-state index contributed by atoms with van der Waals surface area (Å²) in [6.07, 6.45) is 4.18. The first-order valence-electron chi connectivity index (χ1n) is 9.58. The number of benzene rings is 2. The number of halogens is 2. The molecule has 0 radical (unpaired) electrons. The summed E-state index contributed by atoms with van der Waals surface area (Å²) >= 11 is 5.98. The predicted octanol–water partition coefficient (Wildman–Crippen LogP) is 3.19. The Hall–Kier alpha value is -3.91. The third kappa shape index (κ3) is 4.40. The Labute approximate surface area is 185 Å². The van der Waals surface area contributed by atoms with Crippen LogP contribution in [-0.4, -0.2) is 20.0 Å². The van der Waals surface area contributed by atoms with Crippen LogP contribution < -0.4 is 16.3 Å². The molecule has 0 saturated carbocycles. The molecular weight excluding hydrogens is 437 g/mol. The van der Waals surface area contributed by atoms with Crippen LogP contribution in [0.15, 0.2) is 76.7 Å². The molecule has 0 spiro atoms. The Bertz CT molecular complexity index is 1440. The van der Waals surface area contributed by atoms with E-state index in [2.05, 4.69) is 5.32 Å². The molecular formula is C23H17ClFN3O4. The monoisotopic (exact) mass is 453 g/mol. The highest BCUT2D eigenvalue weighted by molar-refractivity contribution is 6.30. The van der Waals surface area contributed by atoms with E-state index in [1.54, 1.807) is 24.3 Å². The fraction of sp³-hybridized carbons (Fsp3) is 0.0870. The van der Waals surface area contributed by atoms with Crippen molar-refractivity contribution in [3.63, 3.8) is 0 Å². The lowest BCUT2D eigenvalue weighted by molar-refractivity contribution is -0.115. The van der Waals surface area contributed by atoms with Crippen molar-refractivity contribution in [1.82, 2.24) is 8.97 Å². The van der Waals surface area contributed by atoms with Crippen molar-refractivity contribution in [2.24, 2.45) is 0 Å². The average Bonchev–Trinajstić information content (AvgIpc) is 2.75. The second kappa shape index (κ2) is 8.68. The molecule has 162 valence electrons. The molecule has 9 heteroatoms. The predicted molar refractivity (Wildman–Crippen MR) is 119 cm³/mol. The number of hydrogen-bond acceptors (Lipinski definition) is 4. The number of anilines is 1. The molecule has 4 rings (SSSR count). The fourth-order valence-corrected chi connectivity index (χ4v) is 3.55. The second-order valence-electron chi connectivity index (χ2n) is 7.19. The van der Waals surface area contributed by atoms with Crippen LogP contribution in [0.3, 0.4) is 0 Å². The number of rotatable bonds is 5. The smallest absolute Gasteiger partial charge is 0.279 e. The first-order chi connectivity index (χ1) is 15.3. The van der Waals surface area contributed by atoms with Crippen LogP contribution in [0.2, 0.25) is 5.02 Å². The molecule has 0 unspecified atom stereocenters. The highest BCUT2D eigenvalue weighted by Crippen LogP contribution is 2.16. The van der Waals surface area contributed by atoms with Crippen LogP contribution in [0.1, 0.15) is 11.1 Å². The maximum atomic E-state index is 13.0. The van der Waals surface area contributed by atoms with E-state index in [4.69, 9.17) is 11.6 Å². The van der Waals surface area contributed by atoms with Crippen molar-refractivity contribution in [1.29, 1.82) is 0 Å². The largest absolute Gasteiger partial charge is 0.502 e. The third-order valence-electron chi connectivity index (χ3n) is 4.88. The Morgan fingerprint density at radius 2 is 1.81 bits per heavy atom. The van der Waals surface area contributed by atoms with Crippen LogP contribution in [-0.2, 0) is 17.8 Å². The topological polar surface area (TPSA) is 92.8 Å². The maximum absolute atomic E-state index is 13.0. The highest BCUT2D eigenvalue weighted by Gasteiger charge is 2.16. The molecule has 2 aromatic heterocycles. The molecule has 0 bridgehead atoms. The summed E-state index contributed by atoms with van der Waals surface area (Å²) in [5.41, 5.74) is -0.523. The van der Waals surface area contributed by atoms with E-state index in [1.165, 1.54) is 51.8 Å². The van der Waals surface area contributed by atoms with Crippen molar-refractivity contribution < 1.29 is 14.3 Å². The normalized spacial score (nSPS) is 10.9. The minimum atomic E-state index is -0.880. The zero-order chi connectivity index (χ0) is 22.8. The molecule has 0 aliphatic carbocycles. The van der Waals surface area contributed by atoms with Gasteiger partial charge in [-0.05, 0) is 35.4 Å². The van der Waals surface area contributed by atoms with Crippen molar-refractivity contribution in [2.75, 3.05) is 5.32 Å². The van der Waals surface area contributed by atoms with Crippen LogP contribution in [0, 0.1) is 5.82 Å². The van der Waals surface area contributed by atoms with Gasteiger partial charge >= 0.3 is 0 Å². The van der Waals surface area contributed by atoms with Gasteiger partial charge in [0, 0.05) is 23.6 Å². The van der Waals surface area contributed by atoms with Gasteiger partial charge in [0.25, 0.3) is 5.56 Å². The van der Waals surface area contributed by atoms with Crippen molar-refractivity contribution in [3.8, 4) is 5.75 Å². The molecule has 0 fully saturated rings. The summed E-state index contributed by atoms with van der Waals surface area (Å²) in [5, 5.41) is 13.4. The van der Waals surface area contributed by atoms with Gasteiger partial charge in [0.1, 0.15) is 11.5 Å². The van der Waals surface area contributed by atoms with Gasteiger partial charge in [-0.1, -0.05) is 35.9 Å². The number of aromatic nitrogens is 2. The number of pyridine rings is 1. The number of aromatic hydroxyl groups is 1. The summed E-state index contributed by atoms with van der Waals surface area (Å²) in [4.78, 5) is 37.8. The number of carbonyl (C=O) groups is 1. The Morgan fingerprint density at radius 3 is 2.53 bits per heavy atom. The SMILES string of the molecule is O=C(Cc1ccc(F)cc1)Nc1cn2ccn(Cc3cccc(Cl)c3)c(=O)c2c(O)c1=O. The number of amides is 1. The summed E-state index contributed by atoms with van der Waals surface area (Å²) < 4.78 is 15.6. The molecule has 0 aliphatic heterocycles. The number of hydrogen-bond donors (Lipinski definition) is 2. The van der Waals surface area contributed by atoms with Crippen LogP contribution in [0.4, 0.5) is 10.1 Å². The highest BCUT2D eigenvalue weighted by atomic mass is 35.5. The first-order valence-corrected chi connectivity index (χ1v) is 9.96. The molecule has 4 aromatic rings. The van der Waals surface area contributed by atoms with E-state index in [9.17, 15) is 23.9 Å². The van der Waals surface area contributed by atoms with Gasteiger partial charge in [-0.2, -0.15) is 0 Å². The lowest BCUT2D eigenvalue weighted by atomic mass is 10.1. The van der Waals surface area contributed by atoms with Crippen molar-refractivity contribution >= 4 is 28.7 Å². The molecule has 7 nitrogen and oxygen atoms in total. The fourth-order valence-electron chi connectivity index (χ4n) is 3.33. The molecule has 1 amide bonds. The summed E-state index contributed by atoms with van der Waals surface area (Å²) in [6, 6.07) is 12.4. The lowest BCUT2D eigenvalue weighted by Crippen LogP contribution is -2.26. The summed E-state index contributed by atoms with van der Waals surface area (Å²) in [6.45, 7) is 0.194. The molecule has 0 atom stereocenters. The van der Waals surface area contributed by atoms with E-state index in [-0.39, 0.29) is 24.2 Å². The first kappa shape index (κ1) is 21.3. The number of carbonyl (C=O) groups excluding carboxylic acids is 1. The van der Waals surface area contributed by atoms with E-state index in [0.29, 0.717) is 10.6 Å². The molecule has 2 heterocycles. The quantitative estimate of drug-likeness (QED) is 0.485. The van der Waals surface area contributed by atoms with Gasteiger partial charge in [0.15, 0.2) is 11.3 Å². The zero-order valence-electron chi connectivity index (χ0n) is 16.6. The summed E-state index contributed by atoms with van der Waals surface area (Å²) in [7, 11) is 0. The lowest BCUT2D eigenvalue weighted by Gasteiger charge is -2.12. The van der Waals surface area contributed by atoms with Crippen molar-refractivity contribution in [2.45, 2.75) is 13.0 Å². The Morgan fingerprint density at radius 1 is 1.06 bits per heavy atom. The standard InChI is InChI=1S/C23H17ClFN3O4/c24-16-3-1-2-15(10-16)12-28-9-8-27-13-18(21(30)22(31)20(27)23(28)32)26-19(29)11-14-4-6-17(25)7-5-14/h1-10,13,31H,11-12H2,(H,26,29). The third-order valence-corrected chi connectivity index (χ3v) is 5.11. The minimum absolute atomic E-state index is 0.0928. The van der Waals surface area contributed by atoms with Crippen molar-refractivity contribution in [3.05, 3.63) is 110 Å². The molecule has 2 aromatic carbocycles. The molecule has 2 N–H and O–H groups in total. The van der Waals surface area contributed by atoms with Gasteiger partial charge in [-0.15, -0.1) is 0 Å². The van der Waals surface area contributed by atoms with Gasteiger partial charge in [-0.3, -0.25) is 14.4 Å².